The van der Waals surface area contributed by atoms with E-state index < -0.39 is 7.92 Å². The molecule has 0 bridgehead atoms. The molecule has 15 heavy (non-hydrogen) atoms. The van der Waals surface area contributed by atoms with Gasteiger partial charge in [0.2, 0.25) is 0 Å². The summed E-state index contributed by atoms with van der Waals surface area (Å²) in [4.78, 5) is 0. The van der Waals surface area contributed by atoms with Crippen molar-refractivity contribution in [3.05, 3.63) is 73.1 Å². The van der Waals surface area contributed by atoms with Crippen molar-refractivity contribution in [1.29, 1.82) is 0 Å². The molecular weight excluding hydrogens is 199 g/mol. The molecule has 2 rings (SSSR count). The van der Waals surface area contributed by atoms with Gasteiger partial charge in [0.15, 0.2) is 0 Å². The lowest BCUT2D eigenvalue weighted by Crippen LogP contribution is -2.08. The van der Waals surface area contributed by atoms with E-state index in [4.69, 9.17) is 6.58 Å². The van der Waals surface area contributed by atoms with E-state index in [1.807, 2.05) is 12.1 Å². The fraction of sp³-hybridized carbons (Fsp3) is 0. The SMILES string of the molecule is [CH]=CP(c1ccccc1)c1ccccc1. The van der Waals surface area contributed by atoms with E-state index in [2.05, 4.69) is 48.5 Å². The quantitative estimate of drug-likeness (QED) is 0.684. The number of hydrogen-bond donors (Lipinski definition) is 0. The van der Waals surface area contributed by atoms with Crippen LogP contribution < -0.4 is 10.6 Å². The summed E-state index contributed by atoms with van der Waals surface area (Å²) in [5.74, 6) is 1.81. The van der Waals surface area contributed by atoms with E-state index >= 15 is 0 Å². The van der Waals surface area contributed by atoms with Crippen LogP contribution in [0.2, 0.25) is 0 Å². The predicted molar refractivity (Wildman–Crippen MR) is 67.9 cm³/mol. The Morgan fingerprint density at radius 2 is 1.13 bits per heavy atom. The molecule has 1 heteroatoms. The van der Waals surface area contributed by atoms with E-state index in [-0.39, 0.29) is 0 Å². The molecule has 0 amide bonds. The van der Waals surface area contributed by atoms with Crippen LogP contribution in [0.15, 0.2) is 66.5 Å². The summed E-state index contributed by atoms with van der Waals surface area (Å²) in [6.45, 7) is 5.74. The number of benzene rings is 2. The Bertz CT molecular complexity index is 380. The van der Waals surface area contributed by atoms with Crippen molar-refractivity contribution in [2.75, 3.05) is 0 Å². The zero-order chi connectivity index (χ0) is 10.5. The number of hydrogen-bond acceptors (Lipinski definition) is 0. The molecule has 0 saturated carbocycles. The van der Waals surface area contributed by atoms with E-state index in [0.29, 0.717) is 0 Å². The van der Waals surface area contributed by atoms with Gasteiger partial charge in [0.05, 0.1) is 0 Å². The normalized spacial score (nSPS) is 10.2. The smallest absolute Gasteiger partial charge is 0.0157 e. The molecule has 0 aliphatic carbocycles. The topological polar surface area (TPSA) is 0 Å². The average Bonchev–Trinajstić information content (AvgIpc) is 2.33. The van der Waals surface area contributed by atoms with Crippen LogP contribution in [0.25, 0.3) is 0 Å². The van der Waals surface area contributed by atoms with Crippen LogP contribution in [0.1, 0.15) is 0 Å². The lowest BCUT2D eigenvalue weighted by molar-refractivity contribution is 1.75. The van der Waals surface area contributed by atoms with Crippen molar-refractivity contribution in [2.24, 2.45) is 0 Å². The highest BCUT2D eigenvalue weighted by atomic mass is 31.1. The second-order valence-corrected chi connectivity index (χ2v) is 5.26. The Balaban J connectivity index is 2.38. The monoisotopic (exact) mass is 211 g/mol. The molecule has 0 aromatic heterocycles. The van der Waals surface area contributed by atoms with Crippen LogP contribution in [0.3, 0.4) is 0 Å². The lowest BCUT2D eigenvalue weighted by Gasteiger charge is -2.13. The molecule has 0 N–H and O–H groups in total. The molecular formula is C14H12P. The zero-order valence-corrected chi connectivity index (χ0v) is 9.27. The minimum atomic E-state index is -0.496. The van der Waals surface area contributed by atoms with E-state index in [1.165, 1.54) is 10.6 Å². The molecule has 0 fully saturated rings. The maximum atomic E-state index is 5.74. The van der Waals surface area contributed by atoms with Gasteiger partial charge in [-0.25, -0.2) is 0 Å². The van der Waals surface area contributed by atoms with E-state index in [0.717, 1.165) is 0 Å². The molecule has 1 radical (unpaired) electrons. The third-order valence-electron chi connectivity index (χ3n) is 2.22. The first-order valence-corrected chi connectivity index (χ1v) is 6.27. The van der Waals surface area contributed by atoms with Crippen molar-refractivity contribution in [3.8, 4) is 0 Å². The lowest BCUT2D eigenvalue weighted by atomic mass is 10.4. The van der Waals surface area contributed by atoms with Gasteiger partial charge in [-0.05, 0) is 18.5 Å². The summed E-state index contributed by atoms with van der Waals surface area (Å²) >= 11 is 0. The highest BCUT2D eigenvalue weighted by molar-refractivity contribution is 7.75. The first-order valence-electron chi connectivity index (χ1n) is 4.86. The van der Waals surface area contributed by atoms with Crippen LogP contribution in [-0.2, 0) is 0 Å². The molecule has 0 spiro atoms. The third-order valence-corrected chi connectivity index (χ3v) is 4.22. The minimum absolute atomic E-state index is 0.496. The second kappa shape index (κ2) is 4.91. The molecule has 0 saturated heterocycles. The fourth-order valence-electron chi connectivity index (χ4n) is 1.50. The summed E-state index contributed by atoms with van der Waals surface area (Å²) in [7, 11) is -0.496. The average molecular weight is 211 g/mol. The predicted octanol–water partition coefficient (Wildman–Crippen LogP) is 3.07. The molecule has 0 heterocycles. The fourth-order valence-corrected chi connectivity index (χ4v) is 3.13. The van der Waals surface area contributed by atoms with Crippen LogP contribution in [-0.4, -0.2) is 0 Å². The van der Waals surface area contributed by atoms with Crippen molar-refractivity contribution in [2.45, 2.75) is 0 Å². The second-order valence-electron chi connectivity index (χ2n) is 3.19. The molecule has 0 aliphatic rings. The first-order chi connectivity index (χ1) is 7.42. The van der Waals surface area contributed by atoms with Crippen LogP contribution in [0.5, 0.6) is 0 Å². The Kier molecular flexibility index (Phi) is 3.32. The maximum Gasteiger partial charge on any atom is -0.0157 e. The largest absolute Gasteiger partial charge is 0.0622 e. The summed E-state index contributed by atoms with van der Waals surface area (Å²) in [5.41, 5.74) is 0. The summed E-state index contributed by atoms with van der Waals surface area (Å²) in [6, 6.07) is 20.8. The van der Waals surface area contributed by atoms with Gasteiger partial charge in [0.1, 0.15) is 0 Å². The summed E-state index contributed by atoms with van der Waals surface area (Å²) < 4.78 is 0. The summed E-state index contributed by atoms with van der Waals surface area (Å²) in [5, 5.41) is 2.59. The Morgan fingerprint density at radius 3 is 1.47 bits per heavy atom. The van der Waals surface area contributed by atoms with E-state index in [9.17, 15) is 0 Å². The third kappa shape index (κ3) is 2.34. The Hall–Kier alpha value is -1.39. The van der Waals surface area contributed by atoms with Gasteiger partial charge in [0, 0.05) is 0 Å². The van der Waals surface area contributed by atoms with Crippen LogP contribution >= 0.6 is 7.92 Å². The molecule has 0 aliphatic heterocycles. The first kappa shape index (κ1) is 10.1. The van der Waals surface area contributed by atoms with Crippen LogP contribution in [0.4, 0.5) is 0 Å². The molecule has 0 unspecified atom stereocenters. The van der Waals surface area contributed by atoms with Gasteiger partial charge in [-0.1, -0.05) is 73.1 Å². The minimum Gasteiger partial charge on any atom is -0.0622 e. The number of rotatable bonds is 3. The standard InChI is InChI=1S/C14H12P/c1-2-15(13-9-5-3-6-10-13)14-11-7-4-8-12-14/h1-12H. The van der Waals surface area contributed by atoms with Crippen molar-refractivity contribution in [3.63, 3.8) is 0 Å². The summed E-state index contributed by atoms with van der Waals surface area (Å²) in [6.07, 6.45) is 0. The van der Waals surface area contributed by atoms with Crippen molar-refractivity contribution >= 4 is 18.5 Å². The zero-order valence-electron chi connectivity index (χ0n) is 8.38. The van der Waals surface area contributed by atoms with Gasteiger partial charge in [-0.3, -0.25) is 0 Å². The van der Waals surface area contributed by atoms with Crippen molar-refractivity contribution in [1.82, 2.24) is 0 Å². The molecule has 2 aromatic carbocycles. The molecule has 73 valence electrons. The van der Waals surface area contributed by atoms with Gasteiger partial charge >= 0.3 is 0 Å². The highest BCUT2D eigenvalue weighted by Gasteiger charge is 2.07. The highest BCUT2D eigenvalue weighted by Crippen LogP contribution is 2.33. The van der Waals surface area contributed by atoms with Gasteiger partial charge < -0.3 is 0 Å². The molecule has 0 nitrogen and oxygen atoms in total. The van der Waals surface area contributed by atoms with Crippen LogP contribution in [0, 0.1) is 6.58 Å². The Labute approximate surface area is 92.0 Å². The molecule has 2 aromatic rings. The van der Waals surface area contributed by atoms with Gasteiger partial charge in [-0.2, -0.15) is 0 Å². The Morgan fingerprint density at radius 1 is 0.733 bits per heavy atom. The van der Waals surface area contributed by atoms with Crippen molar-refractivity contribution < 1.29 is 0 Å². The van der Waals surface area contributed by atoms with Gasteiger partial charge in [0.25, 0.3) is 0 Å². The maximum absolute atomic E-state index is 5.74. The van der Waals surface area contributed by atoms with Gasteiger partial charge in [-0.15, -0.1) is 0 Å². The van der Waals surface area contributed by atoms with E-state index in [1.54, 1.807) is 5.82 Å². The molecule has 0 atom stereocenters.